The summed E-state index contributed by atoms with van der Waals surface area (Å²) >= 11 is 0. The second kappa shape index (κ2) is 4.59. The van der Waals surface area contributed by atoms with Gasteiger partial charge in [0.05, 0.1) is 30.6 Å². The van der Waals surface area contributed by atoms with Crippen LogP contribution < -0.4 is 4.90 Å². The zero-order valence-electron chi connectivity index (χ0n) is 9.77. The van der Waals surface area contributed by atoms with Gasteiger partial charge in [-0.2, -0.15) is 5.10 Å². The Balaban J connectivity index is 2.33. The van der Waals surface area contributed by atoms with Crippen molar-refractivity contribution in [3.63, 3.8) is 0 Å². The lowest BCUT2D eigenvalue weighted by Gasteiger charge is -2.30. The van der Waals surface area contributed by atoms with E-state index in [-0.39, 0.29) is 6.54 Å². The van der Waals surface area contributed by atoms with E-state index in [4.69, 9.17) is 0 Å². The van der Waals surface area contributed by atoms with E-state index in [0.717, 1.165) is 4.90 Å². The molecular formula is C11H12FN3O3. The van der Waals surface area contributed by atoms with Crippen molar-refractivity contribution in [3.8, 4) is 0 Å². The van der Waals surface area contributed by atoms with Gasteiger partial charge in [-0.25, -0.2) is 4.39 Å². The molecule has 1 aromatic rings. The number of aromatic nitrogens is 2. The fourth-order valence-corrected chi connectivity index (χ4v) is 1.98. The van der Waals surface area contributed by atoms with Crippen LogP contribution in [0.4, 0.5) is 10.1 Å². The summed E-state index contributed by atoms with van der Waals surface area (Å²) in [6.45, 7) is 3.03. The highest BCUT2D eigenvalue weighted by molar-refractivity contribution is 6.04. The van der Waals surface area contributed by atoms with E-state index >= 15 is 0 Å². The molecule has 0 saturated heterocycles. The Hall–Kier alpha value is -2.18. The Bertz CT molecular complexity index is 511. The number of amides is 1. The normalized spacial score (nSPS) is 18.1. The monoisotopic (exact) mass is 253 g/mol. The molecule has 1 N–H and O–H groups in total. The molecule has 1 unspecified atom stereocenters. The third kappa shape index (κ3) is 1.99. The number of halogens is 1. The van der Waals surface area contributed by atoms with Crippen LogP contribution in [0, 0.1) is 5.92 Å². The van der Waals surface area contributed by atoms with E-state index < -0.39 is 23.6 Å². The maximum atomic E-state index is 13.0. The number of nitrogens with one attached hydrogen (secondary N) is 1. The van der Waals surface area contributed by atoms with Gasteiger partial charge < -0.3 is 9.64 Å². The van der Waals surface area contributed by atoms with Crippen molar-refractivity contribution < 1.29 is 18.7 Å². The Labute approximate surface area is 102 Å². The summed E-state index contributed by atoms with van der Waals surface area (Å²) in [5.74, 6) is -2.93. The number of carbonyl (C=O) groups is 2. The van der Waals surface area contributed by atoms with Gasteiger partial charge in [-0.3, -0.25) is 14.7 Å². The fourth-order valence-electron chi connectivity index (χ4n) is 1.98. The van der Waals surface area contributed by atoms with Crippen molar-refractivity contribution in [2.45, 2.75) is 6.42 Å². The van der Waals surface area contributed by atoms with E-state index in [1.54, 1.807) is 0 Å². The topological polar surface area (TPSA) is 75.3 Å². The number of nitrogens with zero attached hydrogens (tertiary/aromatic N) is 2. The molecule has 2 rings (SSSR count). The number of carbonyl (C=O) groups excluding carboxylic acids is 2. The molecule has 6 nitrogen and oxygen atoms in total. The van der Waals surface area contributed by atoms with Crippen LogP contribution in [0.15, 0.2) is 18.6 Å². The van der Waals surface area contributed by atoms with Crippen LogP contribution in [0.1, 0.15) is 5.69 Å². The molecule has 0 bridgehead atoms. The number of fused-ring (bicyclic) bond motifs is 1. The molecular weight excluding hydrogens is 241 g/mol. The van der Waals surface area contributed by atoms with Crippen molar-refractivity contribution in [1.82, 2.24) is 10.2 Å². The average Bonchev–Trinajstić information content (AvgIpc) is 2.83. The Morgan fingerprint density at radius 2 is 2.39 bits per heavy atom. The molecule has 1 amide bonds. The molecule has 7 heteroatoms. The van der Waals surface area contributed by atoms with Crippen LogP contribution in [-0.4, -0.2) is 35.7 Å². The Morgan fingerprint density at radius 1 is 1.67 bits per heavy atom. The van der Waals surface area contributed by atoms with Crippen molar-refractivity contribution in [2.24, 2.45) is 5.92 Å². The zero-order valence-corrected chi connectivity index (χ0v) is 9.77. The molecule has 0 fully saturated rings. The molecule has 2 heterocycles. The van der Waals surface area contributed by atoms with Gasteiger partial charge in [0.2, 0.25) is 0 Å². The number of H-pyrrole nitrogens is 1. The van der Waals surface area contributed by atoms with Crippen LogP contribution in [0.25, 0.3) is 0 Å². The van der Waals surface area contributed by atoms with Gasteiger partial charge in [0.25, 0.3) is 5.91 Å². The van der Waals surface area contributed by atoms with E-state index in [0.29, 0.717) is 17.8 Å². The summed E-state index contributed by atoms with van der Waals surface area (Å²) < 4.78 is 17.6. The minimum absolute atomic E-state index is 0.0565. The van der Waals surface area contributed by atoms with Crippen LogP contribution >= 0.6 is 0 Å². The molecule has 0 saturated carbocycles. The first-order valence-electron chi connectivity index (χ1n) is 5.31. The third-order valence-electron chi connectivity index (χ3n) is 2.85. The minimum atomic E-state index is -1.08. The number of methoxy groups -OCH3 is 1. The molecule has 0 aromatic carbocycles. The van der Waals surface area contributed by atoms with Crippen molar-refractivity contribution in [2.75, 3.05) is 18.6 Å². The van der Waals surface area contributed by atoms with Gasteiger partial charge in [-0.15, -0.1) is 0 Å². The van der Waals surface area contributed by atoms with Gasteiger partial charge in [-0.05, 0) is 0 Å². The first-order valence-corrected chi connectivity index (χ1v) is 5.31. The lowest BCUT2D eigenvalue weighted by molar-refractivity contribution is -0.145. The van der Waals surface area contributed by atoms with Gasteiger partial charge in [0.1, 0.15) is 0 Å². The Kier molecular flexibility index (Phi) is 3.14. The SMILES string of the molecule is C=C(F)C(=O)N1CC(C(=O)OC)Cc2[nH]ncc21. The van der Waals surface area contributed by atoms with E-state index in [1.165, 1.54) is 13.3 Å². The summed E-state index contributed by atoms with van der Waals surface area (Å²) in [4.78, 5) is 24.3. The number of hydrogen-bond donors (Lipinski definition) is 1. The minimum Gasteiger partial charge on any atom is -0.469 e. The van der Waals surface area contributed by atoms with Crippen LogP contribution in [0.5, 0.6) is 0 Å². The lowest BCUT2D eigenvalue weighted by atomic mass is 9.97. The van der Waals surface area contributed by atoms with Crippen molar-refractivity contribution in [1.29, 1.82) is 0 Å². The summed E-state index contributed by atoms with van der Waals surface area (Å²) in [6, 6.07) is 0. The second-order valence-electron chi connectivity index (χ2n) is 3.98. The maximum absolute atomic E-state index is 13.0. The number of rotatable bonds is 2. The lowest BCUT2D eigenvalue weighted by Crippen LogP contribution is -2.42. The molecule has 18 heavy (non-hydrogen) atoms. The maximum Gasteiger partial charge on any atom is 0.310 e. The average molecular weight is 253 g/mol. The molecule has 96 valence electrons. The number of aromatic amines is 1. The van der Waals surface area contributed by atoms with Crippen molar-refractivity contribution in [3.05, 3.63) is 24.3 Å². The van der Waals surface area contributed by atoms with E-state index in [2.05, 4.69) is 21.5 Å². The largest absolute Gasteiger partial charge is 0.469 e. The highest BCUT2D eigenvalue weighted by Crippen LogP contribution is 2.29. The number of esters is 1. The molecule has 1 aliphatic heterocycles. The van der Waals surface area contributed by atoms with Crippen LogP contribution in [-0.2, 0) is 20.7 Å². The van der Waals surface area contributed by atoms with Gasteiger partial charge in [-0.1, -0.05) is 6.58 Å². The third-order valence-corrected chi connectivity index (χ3v) is 2.85. The molecule has 1 aliphatic rings. The summed E-state index contributed by atoms with van der Waals surface area (Å²) in [5, 5.41) is 6.48. The highest BCUT2D eigenvalue weighted by Gasteiger charge is 2.35. The van der Waals surface area contributed by atoms with E-state index in [9.17, 15) is 14.0 Å². The molecule has 1 atom stereocenters. The molecule has 0 aliphatic carbocycles. The van der Waals surface area contributed by atoms with Crippen molar-refractivity contribution >= 4 is 17.6 Å². The molecule has 0 radical (unpaired) electrons. The van der Waals surface area contributed by atoms with Gasteiger partial charge in [0, 0.05) is 13.0 Å². The predicted octanol–water partition coefficient (Wildman–Crippen LogP) is 0.571. The van der Waals surface area contributed by atoms with E-state index in [1.807, 2.05) is 0 Å². The number of anilines is 1. The molecule has 1 aromatic heterocycles. The quantitative estimate of drug-likeness (QED) is 0.617. The van der Waals surface area contributed by atoms with Gasteiger partial charge >= 0.3 is 5.97 Å². The first-order chi connectivity index (χ1) is 8.54. The summed E-state index contributed by atoms with van der Waals surface area (Å²) in [7, 11) is 1.27. The highest BCUT2D eigenvalue weighted by atomic mass is 19.1. The van der Waals surface area contributed by atoms with Crippen LogP contribution in [0.3, 0.4) is 0 Å². The first kappa shape index (κ1) is 12.3. The summed E-state index contributed by atoms with van der Waals surface area (Å²) in [5.41, 5.74) is 1.07. The zero-order chi connectivity index (χ0) is 13.3. The predicted molar refractivity (Wildman–Crippen MR) is 60.4 cm³/mol. The molecule has 0 spiro atoms. The number of ether oxygens (including phenoxy) is 1. The second-order valence-corrected chi connectivity index (χ2v) is 3.98. The smallest absolute Gasteiger partial charge is 0.310 e. The Morgan fingerprint density at radius 3 is 3.00 bits per heavy atom. The van der Waals surface area contributed by atoms with Crippen LogP contribution in [0.2, 0.25) is 0 Å². The fraction of sp³-hybridized carbons (Fsp3) is 0.364. The van der Waals surface area contributed by atoms with Gasteiger partial charge in [0.15, 0.2) is 5.83 Å². The number of hydrogen-bond acceptors (Lipinski definition) is 4. The standard InChI is InChI=1S/C11H12FN3O3/c1-6(12)10(16)15-5-7(11(17)18-2)3-8-9(15)4-13-14-8/h4,7H,1,3,5H2,2H3,(H,13,14). The summed E-state index contributed by atoms with van der Waals surface area (Å²) in [6.07, 6.45) is 1.80.